The lowest BCUT2D eigenvalue weighted by molar-refractivity contribution is 0.305. The summed E-state index contributed by atoms with van der Waals surface area (Å²) in [4.78, 5) is 0. The van der Waals surface area contributed by atoms with Gasteiger partial charge in [0.2, 0.25) is 0 Å². The zero-order valence-corrected chi connectivity index (χ0v) is 16.1. The molecule has 0 aliphatic heterocycles. The minimum atomic E-state index is 0.401. The Bertz CT molecular complexity index is 457. The number of rotatable bonds is 9. The fraction of sp³-hybridized carbons (Fsp3) is 0.429. The van der Waals surface area contributed by atoms with E-state index in [4.69, 9.17) is 38.4 Å². The predicted octanol–water partition coefficient (Wildman–Crippen LogP) is 5.51. The molecule has 0 aliphatic rings. The smallest absolute Gasteiger partial charge is 0.156 e. The molecule has 1 aromatic rings. The predicted molar refractivity (Wildman–Crippen MR) is 96.3 cm³/mol. The molecule has 2 N–H and O–H groups in total. The molecule has 0 amide bonds. The van der Waals surface area contributed by atoms with E-state index in [2.05, 4.69) is 31.9 Å². The molecule has 1 aromatic carbocycles. The van der Waals surface area contributed by atoms with Gasteiger partial charge in [-0.1, -0.05) is 23.2 Å². The lowest BCUT2D eigenvalue weighted by Crippen LogP contribution is -2.02. The average molecular weight is 462 g/mol. The zero-order chi connectivity index (χ0) is 15.7. The highest BCUT2D eigenvalue weighted by Crippen LogP contribution is 2.37. The molecule has 0 radical (unpaired) electrons. The van der Waals surface area contributed by atoms with Crippen LogP contribution in [0.5, 0.6) is 11.5 Å². The summed E-state index contributed by atoms with van der Waals surface area (Å²) in [5.41, 5.74) is 5.44. The van der Waals surface area contributed by atoms with Gasteiger partial charge in [-0.3, -0.25) is 0 Å². The van der Waals surface area contributed by atoms with Gasteiger partial charge in [0.1, 0.15) is 12.4 Å². The molecule has 0 atom stereocenters. The number of nitrogens with two attached hydrogens (primary N) is 1. The molecule has 1 rings (SSSR count). The molecule has 0 unspecified atom stereocenters. The molecular formula is C14H17Br2Cl2NO2. The van der Waals surface area contributed by atoms with Crippen LogP contribution >= 0.6 is 55.1 Å². The summed E-state index contributed by atoms with van der Waals surface area (Å²) in [6.07, 6.45) is 4.77. The third kappa shape index (κ3) is 7.75. The highest BCUT2D eigenvalue weighted by Gasteiger charge is 2.10. The lowest BCUT2D eigenvalue weighted by atomic mass is 10.2. The number of ether oxygens (including phenoxy) is 2. The number of unbranched alkanes of at least 4 members (excludes halogenated alkanes) is 2. The Kier molecular flexibility index (Phi) is 9.76. The van der Waals surface area contributed by atoms with Crippen LogP contribution in [0.1, 0.15) is 19.3 Å². The SMILES string of the molecule is NCCCCCOc1c(Cl)cc(OCC=C(Br)Br)cc1Cl. The van der Waals surface area contributed by atoms with E-state index >= 15 is 0 Å². The molecule has 0 heterocycles. The van der Waals surface area contributed by atoms with Crippen LogP contribution in [0.2, 0.25) is 10.0 Å². The highest BCUT2D eigenvalue weighted by atomic mass is 79.9. The van der Waals surface area contributed by atoms with Gasteiger partial charge in [0.05, 0.1) is 20.0 Å². The van der Waals surface area contributed by atoms with Gasteiger partial charge in [-0.2, -0.15) is 0 Å². The van der Waals surface area contributed by atoms with Gasteiger partial charge in [0, 0.05) is 12.1 Å². The first-order valence-corrected chi connectivity index (χ1v) is 8.84. The largest absolute Gasteiger partial charge is 0.490 e. The van der Waals surface area contributed by atoms with Crippen molar-refractivity contribution in [1.82, 2.24) is 0 Å². The first kappa shape index (κ1) is 19.1. The summed E-state index contributed by atoms with van der Waals surface area (Å²) in [6, 6.07) is 3.39. The Morgan fingerprint density at radius 1 is 1.10 bits per heavy atom. The summed E-state index contributed by atoms with van der Waals surface area (Å²) in [6.45, 7) is 1.67. The Balaban J connectivity index is 2.56. The number of halogens is 4. The third-order valence-electron chi connectivity index (χ3n) is 2.55. The Labute approximate surface area is 152 Å². The Morgan fingerprint density at radius 3 is 2.33 bits per heavy atom. The van der Waals surface area contributed by atoms with Crippen molar-refractivity contribution in [3.63, 3.8) is 0 Å². The molecule has 0 fully saturated rings. The molecule has 0 aromatic heterocycles. The van der Waals surface area contributed by atoms with E-state index in [0.29, 0.717) is 41.3 Å². The topological polar surface area (TPSA) is 44.5 Å². The van der Waals surface area contributed by atoms with Crippen molar-refractivity contribution in [2.75, 3.05) is 19.8 Å². The van der Waals surface area contributed by atoms with Crippen molar-refractivity contribution < 1.29 is 9.47 Å². The minimum absolute atomic E-state index is 0.401. The fourth-order valence-corrected chi connectivity index (χ4v) is 2.40. The second-order valence-corrected chi connectivity index (χ2v) is 7.81. The van der Waals surface area contributed by atoms with Crippen LogP contribution in [-0.2, 0) is 0 Å². The molecule has 0 spiro atoms. The highest BCUT2D eigenvalue weighted by molar-refractivity contribution is 9.28. The summed E-state index contributed by atoms with van der Waals surface area (Å²) >= 11 is 18.9. The quantitative estimate of drug-likeness (QED) is 0.493. The van der Waals surface area contributed by atoms with E-state index in [1.807, 2.05) is 6.08 Å². The minimum Gasteiger partial charge on any atom is -0.490 e. The van der Waals surface area contributed by atoms with Crippen LogP contribution < -0.4 is 15.2 Å². The summed E-state index contributed by atoms with van der Waals surface area (Å²) in [5, 5.41) is 0.886. The number of benzene rings is 1. The van der Waals surface area contributed by atoms with E-state index in [-0.39, 0.29) is 0 Å². The van der Waals surface area contributed by atoms with Crippen molar-refractivity contribution in [3.8, 4) is 11.5 Å². The molecular weight excluding hydrogens is 445 g/mol. The molecule has 0 aliphatic carbocycles. The third-order valence-corrected chi connectivity index (χ3v) is 3.76. The first-order chi connectivity index (χ1) is 10.0. The lowest BCUT2D eigenvalue weighted by Gasteiger charge is -2.12. The molecule has 118 valence electrons. The van der Waals surface area contributed by atoms with Gasteiger partial charge in [-0.05, 0) is 63.7 Å². The molecule has 3 nitrogen and oxygen atoms in total. The van der Waals surface area contributed by atoms with Crippen LogP contribution in [0.25, 0.3) is 0 Å². The summed E-state index contributed by atoms with van der Waals surface area (Å²) in [5.74, 6) is 1.09. The number of hydrogen-bond donors (Lipinski definition) is 1. The zero-order valence-electron chi connectivity index (χ0n) is 11.4. The van der Waals surface area contributed by atoms with Crippen LogP contribution in [0, 0.1) is 0 Å². The summed E-state index contributed by atoms with van der Waals surface area (Å²) < 4.78 is 12.0. The van der Waals surface area contributed by atoms with E-state index in [1.54, 1.807) is 12.1 Å². The standard InChI is InChI=1S/C14H17Br2Cl2NO2/c15-13(16)4-7-20-10-8-11(17)14(12(18)9-10)21-6-3-1-2-5-19/h4,8-9H,1-3,5-7,19H2. The van der Waals surface area contributed by atoms with Gasteiger partial charge in [0.15, 0.2) is 5.75 Å². The Hall–Kier alpha value is 0.0600. The van der Waals surface area contributed by atoms with Crippen LogP contribution in [-0.4, -0.2) is 19.8 Å². The maximum absolute atomic E-state index is 6.17. The van der Waals surface area contributed by atoms with Crippen LogP contribution in [0.4, 0.5) is 0 Å². The second-order valence-electron chi connectivity index (χ2n) is 4.22. The molecule has 21 heavy (non-hydrogen) atoms. The van der Waals surface area contributed by atoms with E-state index in [0.717, 1.165) is 22.7 Å². The number of hydrogen-bond acceptors (Lipinski definition) is 3. The van der Waals surface area contributed by atoms with Crippen LogP contribution in [0.3, 0.4) is 0 Å². The summed E-state index contributed by atoms with van der Waals surface area (Å²) in [7, 11) is 0. The van der Waals surface area contributed by atoms with Crippen molar-refractivity contribution in [3.05, 3.63) is 31.6 Å². The van der Waals surface area contributed by atoms with Crippen molar-refractivity contribution >= 4 is 55.1 Å². The molecule has 7 heteroatoms. The van der Waals surface area contributed by atoms with Crippen molar-refractivity contribution in [1.29, 1.82) is 0 Å². The molecule has 0 bridgehead atoms. The van der Waals surface area contributed by atoms with Gasteiger partial charge < -0.3 is 15.2 Å². The second kappa shape index (κ2) is 10.7. The van der Waals surface area contributed by atoms with Crippen LogP contribution in [0.15, 0.2) is 21.6 Å². The van der Waals surface area contributed by atoms with Crippen molar-refractivity contribution in [2.45, 2.75) is 19.3 Å². The van der Waals surface area contributed by atoms with Gasteiger partial charge in [-0.15, -0.1) is 0 Å². The maximum atomic E-state index is 6.17. The first-order valence-electron chi connectivity index (χ1n) is 6.50. The fourth-order valence-electron chi connectivity index (χ4n) is 1.56. The molecule has 0 saturated heterocycles. The average Bonchev–Trinajstić information content (AvgIpc) is 2.40. The van der Waals surface area contributed by atoms with Gasteiger partial charge >= 0.3 is 0 Å². The van der Waals surface area contributed by atoms with Gasteiger partial charge in [0.25, 0.3) is 0 Å². The van der Waals surface area contributed by atoms with Crippen molar-refractivity contribution in [2.24, 2.45) is 5.73 Å². The van der Waals surface area contributed by atoms with Gasteiger partial charge in [-0.25, -0.2) is 0 Å². The maximum Gasteiger partial charge on any atom is 0.156 e. The van der Waals surface area contributed by atoms with E-state index in [1.165, 1.54) is 0 Å². The normalized spacial score (nSPS) is 10.3. The molecule has 0 saturated carbocycles. The van der Waals surface area contributed by atoms with E-state index in [9.17, 15) is 0 Å². The monoisotopic (exact) mass is 459 g/mol. The van der Waals surface area contributed by atoms with E-state index < -0.39 is 0 Å². The Morgan fingerprint density at radius 2 is 1.76 bits per heavy atom.